The second-order valence-electron chi connectivity index (χ2n) is 10.2. The van der Waals surface area contributed by atoms with E-state index in [1.165, 1.54) is 4.90 Å². The number of carbonyl (C=O) groups excluding carboxylic acids is 2. The molecule has 13 heteroatoms. The molecule has 218 valence electrons. The molecule has 2 amide bonds. The van der Waals surface area contributed by atoms with Crippen LogP contribution in [-0.2, 0) is 23.7 Å². The van der Waals surface area contributed by atoms with Crippen molar-refractivity contribution in [2.75, 3.05) is 31.2 Å². The van der Waals surface area contributed by atoms with Gasteiger partial charge >= 0.3 is 12.4 Å². The SMILES string of the molecule is O=C(c1cc(C(F)(F)F)cc(C(F)(F)F)c1)N1CCC2(CC1)C(=O)N(CCCn1ccnc1)CN2c1ccccc1. The molecule has 0 bridgehead atoms. The number of anilines is 1. The van der Waals surface area contributed by atoms with E-state index in [1.807, 2.05) is 46.0 Å². The summed E-state index contributed by atoms with van der Waals surface area (Å²) in [5.41, 5.74) is -3.96. The fourth-order valence-electron chi connectivity index (χ4n) is 5.58. The monoisotopic (exact) mass is 579 g/mol. The van der Waals surface area contributed by atoms with Gasteiger partial charge in [0.05, 0.1) is 24.1 Å². The number of carbonyl (C=O) groups is 2. The minimum atomic E-state index is -5.06. The van der Waals surface area contributed by atoms with Crippen LogP contribution in [0.2, 0.25) is 0 Å². The van der Waals surface area contributed by atoms with E-state index < -0.39 is 40.5 Å². The van der Waals surface area contributed by atoms with Gasteiger partial charge in [-0.25, -0.2) is 4.98 Å². The molecular formula is C28H27F6N5O2. The number of halogens is 6. The Kier molecular flexibility index (Phi) is 7.47. The Morgan fingerprint density at radius 1 is 0.902 bits per heavy atom. The highest BCUT2D eigenvalue weighted by Crippen LogP contribution is 2.41. The van der Waals surface area contributed by atoms with Crippen LogP contribution in [0.5, 0.6) is 0 Å². The van der Waals surface area contributed by atoms with Crippen LogP contribution in [-0.4, -0.2) is 63.0 Å². The number of piperidine rings is 1. The van der Waals surface area contributed by atoms with Crippen molar-refractivity contribution >= 4 is 17.5 Å². The number of alkyl halides is 6. The molecule has 2 aliphatic heterocycles. The molecule has 41 heavy (non-hydrogen) atoms. The molecule has 7 nitrogen and oxygen atoms in total. The molecule has 0 radical (unpaired) electrons. The van der Waals surface area contributed by atoms with Crippen LogP contribution >= 0.6 is 0 Å². The van der Waals surface area contributed by atoms with Crippen LogP contribution in [0, 0.1) is 0 Å². The highest BCUT2D eigenvalue weighted by atomic mass is 19.4. The number of imidazole rings is 1. The summed E-state index contributed by atoms with van der Waals surface area (Å²) in [6, 6.07) is 10.2. The maximum absolute atomic E-state index is 13.8. The van der Waals surface area contributed by atoms with Gasteiger partial charge in [-0.3, -0.25) is 9.59 Å². The molecule has 0 N–H and O–H groups in total. The lowest BCUT2D eigenvalue weighted by atomic mass is 9.85. The quantitative estimate of drug-likeness (QED) is 0.373. The molecule has 0 aliphatic carbocycles. The number of rotatable bonds is 6. The van der Waals surface area contributed by atoms with Crippen molar-refractivity contribution in [1.82, 2.24) is 19.4 Å². The van der Waals surface area contributed by atoms with Crippen LogP contribution in [0.15, 0.2) is 67.3 Å². The van der Waals surface area contributed by atoms with Gasteiger partial charge in [-0.2, -0.15) is 26.3 Å². The Bertz CT molecular complexity index is 1350. The molecule has 1 aromatic heterocycles. The van der Waals surface area contributed by atoms with Gasteiger partial charge in [0.2, 0.25) is 5.91 Å². The minimum Gasteiger partial charge on any atom is -0.339 e. The zero-order valence-corrected chi connectivity index (χ0v) is 21.8. The third kappa shape index (κ3) is 5.75. The number of likely N-dealkylation sites (tertiary alicyclic amines) is 1. The van der Waals surface area contributed by atoms with Crippen molar-refractivity contribution in [2.45, 2.75) is 43.7 Å². The molecule has 2 fully saturated rings. The first kappa shape index (κ1) is 28.5. The molecule has 2 aromatic carbocycles. The average Bonchev–Trinajstić information content (AvgIpc) is 3.55. The van der Waals surface area contributed by atoms with Gasteiger partial charge < -0.3 is 19.3 Å². The Balaban J connectivity index is 1.36. The van der Waals surface area contributed by atoms with Crippen LogP contribution in [0.4, 0.5) is 32.0 Å². The van der Waals surface area contributed by atoms with Crippen LogP contribution in [0.1, 0.15) is 40.7 Å². The zero-order valence-electron chi connectivity index (χ0n) is 21.8. The van der Waals surface area contributed by atoms with Crippen LogP contribution in [0.25, 0.3) is 0 Å². The highest BCUT2D eigenvalue weighted by molar-refractivity contribution is 5.96. The topological polar surface area (TPSA) is 61.7 Å². The average molecular weight is 580 g/mol. The molecule has 3 heterocycles. The van der Waals surface area contributed by atoms with Gasteiger partial charge in [0.1, 0.15) is 5.54 Å². The Morgan fingerprint density at radius 2 is 1.54 bits per heavy atom. The summed E-state index contributed by atoms with van der Waals surface area (Å²) in [6.45, 7) is 1.46. The van der Waals surface area contributed by atoms with Crippen molar-refractivity contribution in [2.24, 2.45) is 0 Å². The number of amides is 2. The highest BCUT2D eigenvalue weighted by Gasteiger charge is 2.54. The Labute approximate surface area is 232 Å². The smallest absolute Gasteiger partial charge is 0.339 e. The first-order chi connectivity index (χ1) is 19.4. The number of hydrogen-bond acceptors (Lipinski definition) is 4. The van der Waals surface area contributed by atoms with E-state index in [0.717, 1.165) is 5.69 Å². The molecule has 0 saturated carbocycles. The number of benzene rings is 2. The fraction of sp³-hybridized carbons (Fsp3) is 0.393. The Morgan fingerprint density at radius 3 is 2.10 bits per heavy atom. The van der Waals surface area contributed by atoms with Crippen molar-refractivity contribution in [3.05, 3.63) is 83.9 Å². The maximum atomic E-state index is 13.8. The summed E-state index contributed by atoms with van der Waals surface area (Å²) >= 11 is 0. The first-order valence-electron chi connectivity index (χ1n) is 13.0. The summed E-state index contributed by atoms with van der Waals surface area (Å²) in [4.78, 5) is 36.0. The zero-order chi connectivity index (χ0) is 29.4. The third-order valence-electron chi connectivity index (χ3n) is 7.70. The van der Waals surface area contributed by atoms with Crippen molar-refractivity contribution in [3.8, 4) is 0 Å². The molecule has 3 aromatic rings. The van der Waals surface area contributed by atoms with E-state index >= 15 is 0 Å². The summed E-state index contributed by atoms with van der Waals surface area (Å²) < 4.78 is 82.0. The van der Waals surface area contributed by atoms with E-state index in [0.29, 0.717) is 38.3 Å². The molecule has 2 saturated heterocycles. The second kappa shape index (κ2) is 10.7. The summed E-state index contributed by atoms with van der Waals surface area (Å²) in [5, 5.41) is 0. The van der Waals surface area contributed by atoms with Crippen LogP contribution in [0.3, 0.4) is 0 Å². The van der Waals surface area contributed by atoms with E-state index in [1.54, 1.807) is 17.4 Å². The van der Waals surface area contributed by atoms with E-state index in [-0.39, 0.29) is 37.9 Å². The molecule has 0 unspecified atom stereocenters. The molecule has 5 rings (SSSR count). The van der Waals surface area contributed by atoms with Crippen molar-refractivity contribution < 1.29 is 35.9 Å². The molecule has 2 aliphatic rings. The number of aryl methyl sites for hydroxylation is 1. The van der Waals surface area contributed by atoms with Gasteiger partial charge in [-0.1, -0.05) is 18.2 Å². The van der Waals surface area contributed by atoms with E-state index in [9.17, 15) is 35.9 Å². The molecule has 0 atom stereocenters. The summed E-state index contributed by atoms with van der Waals surface area (Å²) in [7, 11) is 0. The fourth-order valence-corrected chi connectivity index (χ4v) is 5.58. The van der Waals surface area contributed by atoms with Crippen molar-refractivity contribution in [1.29, 1.82) is 0 Å². The lowest BCUT2D eigenvalue weighted by molar-refractivity contribution is -0.143. The predicted molar refractivity (Wildman–Crippen MR) is 137 cm³/mol. The van der Waals surface area contributed by atoms with Crippen molar-refractivity contribution in [3.63, 3.8) is 0 Å². The maximum Gasteiger partial charge on any atom is 0.416 e. The van der Waals surface area contributed by atoms with E-state index in [4.69, 9.17) is 0 Å². The normalized spacial score (nSPS) is 17.5. The summed E-state index contributed by atoms with van der Waals surface area (Å²) in [5.74, 6) is -1.05. The number of hydrogen-bond donors (Lipinski definition) is 0. The van der Waals surface area contributed by atoms with Gasteiger partial charge in [0, 0.05) is 49.8 Å². The standard InChI is InChI=1S/C28H27F6N5O2/c29-27(30,31)21-15-20(16-22(17-21)28(32,33)34)24(40)37-12-7-26(8-13-37)25(41)38(11-4-10-36-14-9-35-18-36)19-39(26)23-5-2-1-3-6-23/h1-3,5-6,9,14-18H,4,7-8,10-13,19H2. The van der Waals surface area contributed by atoms with Gasteiger partial charge in [0.25, 0.3) is 5.91 Å². The number of para-hydroxylation sites is 1. The third-order valence-corrected chi connectivity index (χ3v) is 7.70. The van der Waals surface area contributed by atoms with E-state index in [2.05, 4.69) is 4.98 Å². The second-order valence-corrected chi connectivity index (χ2v) is 10.2. The van der Waals surface area contributed by atoms with Crippen LogP contribution < -0.4 is 4.90 Å². The molecule has 1 spiro atoms. The molecular weight excluding hydrogens is 552 g/mol. The van der Waals surface area contributed by atoms with Gasteiger partial charge in [-0.05, 0) is 49.6 Å². The van der Waals surface area contributed by atoms with Gasteiger partial charge in [0.15, 0.2) is 0 Å². The first-order valence-corrected chi connectivity index (χ1v) is 13.0. The Hall–Kier alpha value is -4.03. The van der Waals surface area contributed by atoms with Gasteiger partial charge in [-0.15, -0.1) is 0 Å². The lowest BCUT2D eigenvalue weighted by Crippen LogP contribution is -2.57. The predicted octanol–water partition coefficient (Wildman–Crippen LogP) is 5.29. The number of nitrogens with zero attached hydrogens (tertiary/aromatic N) is 5. The lowest BCUT2D eigenvalue weighted by Gasteiger charge is -2.43. The largest absolute Gasteiger partial charge is 0.416 e. The number of aromatic nitrogens is 2. The minimum absolute atomic E-state index is 0.00168. The summed E-state index contributed by atoms with van der Waals surface area (Å²) in [6.07, 6.45) is -3.89.